The summed E-state index contributed by atoms with van der Waals surface area (Å²) in [6.45, 7) is 2.03. The molecule has 0 saturated carbocycles. The molecular formula is C16H16F2N2OS. The predicted molar refractivity (Wildman–Crippen MR) is 86.6 cm³/mol. The number of amides is 1. The molecule has 0 bridgehead atoms. The summed E-state index contributed by atoms with van der Waals surface area (Å²) >= 11 is 0.415. The van der Waals surface area contributed by atoms with Crippen LogP contribution in [0.2, 0.25) is 0 Å². The highest BCUT2D eigenvalue weighted by Gasteiger charge is 2.11. The Labute approximate surface area is 132 Å². The lowest BCUT2D eigenvalue weighted by atomic mass is 10.2. The van der Waals surface area contributed by atoms with Gasteiger partial charge in [0.15, 0.2) is 0 Å². The van der Waals surface area contributed by atoms with Gasteiger partial charge in [-0.2, -0.15) is 8.78 Å². The number of halogens is 2. The van der Waals surface area contributed by atoms with Crippen molar-refractivity contribution in [1.29, 1.82) is 0 Å². The molecule has 0 radical (unpaired) electrons. The molecule has 6 heteroatoms. The summed E-state index contributed by atoms with van der Waals surface area (Å²) in [6, 6.07) is 14.2. The molecule has 0 spiro atoms. The number of para-hydroxylation sites is 1. The van der Waals surface area contributed by atoms with E-state index in [4.69, 9.17) is 0 Å². The van der Waals surface area contributed by atoms with Crippen molar-refractivity contribution in [2.45, 2.75) is 17.6 Å². The van der Waals surface area contributed by atoms with Crippen molar-refractivity contribution in [3.05, 3.63) is 54.1 Å². The maximum Gasteiger partial charge on any atom is 0.288 e. The van der Waals surface area contributed by atoms with E-state index in [1.165, 1.54) is 0 Å². The number of rotatable bonds is 6. The number of carbonyl (C=O) groups is 1. The molecular weight excluding hydrogens is 306 g/mol. The molecule has 0 aliphatic heterocycles. The summed E-state index contributed by atoms with van der Waals surface area (Å²) < 4.78 is 25.0. The van der Waals surface area contributed by atoms with Crippen LogP contribution in [0, 0.1) is 6.92 Å². The summed E-state index contributed by atoms with van der Waals surface area (Å²) in [6.07, 6.45) is 0. The molecule has 0 atom stereocenters. The smallest absolute Gasteiger partial charge is 0.288 e. The van der Waals surface area contributed by atoms with Crippen LogP contribution in [-0.4, -0.2) is 18.2 Å². The standard InChI is InChI=1S/C16H16F2N2OS/c1-11-5-4-6-12(9-11)19-10-15(21)20-13-7-2-3-8-14(13)22-16(17)18/h2-9,16,19H,10H2,1H3,(H,20,21). The van der Waals surface area contributed by atoms with E-state index in [1.807, 2.05) is 31.2 Å². The Morgan fingerprint density at radius 2 is 1.95 bits per heavy atom. The van der Waals surface area contributed by atoms with Crippen LogP contribution >= 0.6 is 11.8 Å². The lowest BCUT2D eigenvalue weighted by Crippen LogP contribution is -2.22. The molecule has 0 aliphatic rings. The van der Waals surface area contributed by atoms with Crippen LogP contribution in [-0.2, 0) is 4.79 Å². The number of hydrogen-bond donors (Lipinski definition) is 2. The van der Waals surface area contributed by atoms with Crippen molar-refractivity contribution in [3.8, 4) is 0 Å². The Hall–Kier alpha value is -2.08. The Balaban J connectivity index is 1.95. The lowest BCUT2D eigenvalue weighted by molar-refractivity contribution is -0.114. The van der Waals surface area contributed by atoms with Gasteiger partial charge in [-0.05, 0) is 36.8 Å². The molecule has 0 saturated heterocycles. The third kappa shape index (κ3) is 5.04. The zero-order valence-electron chi connectivity index (χ0n) is 12.0. The van der Waals surface area contributed by atoms with Crippen molar-refractivity contribution >= 4 is 29.0 Å². The number of carbonyl (C=O) groups excluding carboxylic acids is 1. The highest BCUT2D eigenvalue weighted by Crippen LogP contribution is 2.31. The zero-order chi connectivity index (χ0) is 15.9. The second kappa shape index (κ2) is 7.79. The number of anilines is 2. The molecule has 0 unspecified atom stereocenters. The van der Waals surface area contributed by atoms with Gasteiger partial charge in [0.05, 0.1) is 12.2 Å². The summed E-state index contributed by atoms with van der Waals surface area (Å²) in [4.78, 5) is 12.3. The van der Waals surface area contributed by atoms with E-state index in [2.05, 4.69) is 10.6 Å². The summed E-state index contributed by atoms with van der Waals surface area (Å²) in [5, 5.41) is 5.64. The van der Waals surface area contributed by atoms with Gasteiger partial charge in [-0.1, -0.05) is 36.0 Å². The van der Waals surface area contributed by atoms with Crippen LogP contribution in [0.3, 0.4) is 0 Å². The fourth-order valence-electron chi connectivity index (χ4n) is 1.90. The van der Waals surface area contributed by atoms with Gasteiger partial charge in [-0.3, -0.25) is 4.79 Å². The highest BCUT2D eigenvalue weighted by atomic mass is 32.2. The van der Waals surface area contributed by atoms with Gasteiger partial charge < -0.3 is 10.6 Å². The molecule has 2 aromatic rings. The molecule has 0 aromatic heterocycles. The van der Waals surface area contributed by atoms with Crippen LogP contribution in [0.25, 0.3) is 0 Å². The summed E-state index contributed by atoms with van der Waals surface area (Å²) in [5.74, 6) is -2.81. The van der Waals surface area contributed by atoms with Gasteiger partial charge in [0.25, 0.3) is 5.76 Å². The summed E-state index contributed by atoms with van der Waals surface area (Å²) in [7, 11) is 0. The first-order valence-corrected chi connectivity index (χ1v) is 7.57. The quantitative estimate of drug-likeness (QED) is 0.776. The molecule has 0 heterocycles. The highest BCUT2D eigenvalue weighted by molar-refractivity contribution is 7.99. The van der Waals surface area contributed by atoms with E-state index in [-0.39, 0.29) is 12.5 Å². The van der Waals surface area contributed by atoms with Gasteiger partial charge in [0, 0.05) is 10.6 Å². The Morgan fingerprint density at radius 1 is 1.18 bits per heavy atom. The molecule has 22 heavy (non-hydrogen) atoms. The van der Waals surface area contributed by atoms with Crippen molar-refractivity contribution in [3.63, 3.8) is 0 Å². The van der Waals surface area contributed by atoms with Gasteiger partial charge in [-0.25, -0.2) is 0 Å². The zero-order valence-corrected chi connectivity index (χ0v) is 12.8. The first kappa shape index (κ1) is 16.3. The van der Waals surface area contributed by atoms with Crippen LogP contribution in [0.4, 0.5) is 20.2 Å². The van der Waals surface area contributed by atoms with Gasteiger partial charge in [-0.15, -0.1) is 0 Å². The maximum atomic E-state index is 12.5. The number of alkyl halides is 2. The van der Waals surface area contributed by atoms with E-state index in [9.17, 15) is 13.6 Å². The van der Waals surface area contributed by atoms with Crippen molar-refractivity contribution in [1.82, 2.24) is 0 Å². The second-order valence-corrected chi connectivity index (χ2v) is 5.68. The maximum absolute atomic E-state index is 12.5. The predicted octanol–water partition coefficient (Wildman–Crippen LogP) is 4.36. The minimum Gasteiger partial charge on any atom is -0.376 e. The molecule has 3 nitrogen and oxygen atoms in total. The van der Waals surface area contributed by atoms with E-state index in [1.54, 1.807) is 24.3 Å². The summed E-state index contributed by atoms with van der Waals surface area (Å²) in [5.41, 5.74) is 2.32. The first-order chi connectivity index (χ1) is 10.5. The van der Waals surface area contributed by atoms with Gasteiger partial charge in [0.1, 0.15) is 0 Å². The van der Waals surface area contributed by atoms with Crippen LogP contribution in [0.15, 0.2) is 53.4 Å². The Kier molecular flexibility index (Phi) is 5.77. The van der Waals surface area contributed by atoms with E-state index in [0.29, 0.717) is 22.3 Å². The van der Waals surface area contributed by atoms with E-state index >= 15 is 0 Å². The average molecular weight is 322 g/mol. The fourth-order valence-corrected chi connectivity index (χ4v) is 2.50. The Morgan fingerprint density at radius 3 is 2.68 bits per heavy atom. The van der Waals surface area contributed by atoms with E-state index < -0.39 is 5.76 Å². The average Bonchev–Trinajstić information content (AvgIpc) is 2.47. The first-order valence-electron chi connectivity index (χ1n) is 6.69. The van der Waals surface area contributed by atoms with Crippen molar-refractivity contribution in [2.24, 2.45) is 0 Å². The number of nitrogens with one attached hydrogen (secondary N) is 2. The molecule has 0 fully saturated rings. The second-order valence-electron chi connectivity index (χ2n) is 4.65. The number of aryl methyl sites for hydroxylation is 1. The molecule has 2 rings (SSSR count). The third-order valence-electron chi connectivity index (χ3n) is 2.85. The molecule has 116 valence electrons. The monoisotopic (exact) mass is 322 g/mol. The van der Waals surface area contributed by atoms with Crippen LogP contribution < -0.4 is 10.6 Å². The third-order valence-corrected chi connectivity index (χ3v) is 3.64. The topological polar surface area (TPSA) is 41.1 Å². The minimum absolute atomic E-state index is 0.0666. The fraction of sp³-hybridized carbons (Fsp3) is 0.188. The van der Waals surface area contributed by atoms with Gasteiger partial charge >= 0.3 is 0 Å². The minimum atomic E-state index is -2.52. The van der Waals surface area contributed by atoms with Crippen LogP contribution in [0.1, 0.15) is 5.56 Å². The number of benzene rings is 2. The van der Waals surface area contributed by atoms with Gasteiger partial charge in [0.2, 0.25) is 5.91 Å². The van der Waals surface area contributed by atoms with Crippen molar-refractivity contribution < 1.29 is 13.6 Å². The normalized spacial score (nSPS) is 10.5. The molecule has 0 aliphatic carbocycles. The lowest BCUT2D eigenvalue weighted by Gasteiger charge is -2.11. The molecule has 2 aromatic carbocycles. The van der Waals surface area contributed by atoms with Crippen molar-refractivity contribution in [2.75, 3.05) is 17.2 Å². The Bertz CT molecular complexity index is 650. The molecule has 1 amide bonds. The molecule has 2 N–H and O–H groups in total. The number of thioether (sulfide) groups is 1. The van der Waals surface area contributed by atoms with E-state index in [0.717, 1.165) is 11.3 Å². The largest absolute Gasteiger partial charge is 0.376 e. The number of hydrogen-bond acceptors (Lipinski definition) is 3. The van der Waals surface area contributed by atoms with Crippen LogP contribution in [0.5, 0.6) is 0 Å². The SMILES string of the molecule is Cc1cccc(NCC(=O)Nc2ccccc2SC(F)F)c1.